The van der Waals surface area contributed by atoms with Crippen LogP contribution in [-0.4, -0.2) is 17.9 Å². The Balaban J connectivity index is 1.98. The van der Waals surface area contributed by atoms with Gasteiger partial charge in [0.2, 0.25) is 0 Å². The second-order valence-electron chi connectivity index (χ2n) is 3.92. The van der Waals surface area contributed by atoms with Crippen LogP contribution >= 0.6 is 0 Å². The van der Waals surface area contributed by atoms with E-state index in [0.29, 0.717) is 0 Å². The van der Waals surface area contributed by atoms with Crippen LogP contribution in [0.2, 0.25) is 0 Å². The maximum absolute atomic E-state index is 8.97. The first kappa shape index (κ1) is 10.0. The topological polar surface area (TPSA) is 32.3 Å². The molecule has 2 N–H and O–H groups in total. The molecule has 0 bridgehead atoms. The Hall–Kier alpha value is -0.0800. The molecule has 1 rings (SSSR count). The maximum Gasteiger partial charge on any atom is 0.102 e. The zero-order valence-electron chi connectivity index (χ0n) is 8.05. The molecule has 0 aromatic heterocycles. The van der Waals surface area contributed by atoms with Gasteiger partial charge in [0.25, 0.3) is 0 Å². The van der Waals surface area contributed by atoms with E-state index in [1.165, 1.54) is 38.5 Å². The predicted molar refractivity (Wildman–Crippen MR) is 50.9 cm³/mol. The van der Waals surface area contributed by atoms with Crippen molar-refractivity contribution in [1.82, 2.24) is 5.32 Å². The monoisotopic (exact) mass is 171 g/mol. The largest absolute Gasteiger partial charge is 0.379 e. The lowest BCUT2D eigenvalue weighted by Gasteiger charge is -2.21. The quantitative estimate of drug-likeness (QED) is 0.633. The van der Waals surface area contributed by atoms with E-state index >= 15 is 0 Å². The molecule has 2 heteroatoms. The second kappa shape index (κ2) is 5.55. The molecule has 1 atom stereocenters. The lowest BCUT2D eigenvalue weighted by molar-refractivity contribution is 0.152. The zero-order chi connectivity index (χ0) is 8.81. The summed E-state index contributed by atoms with van der Waals surface area (Å²) in [7, 11) is 0. The van der Waals surface area contributed by atoms with Crippen LogP contribution in [0.5, 0.6) is 0 Å². The van der Waals surface area contributed by atoms with Crippen LogP contribution < -0.4 is 5.32 Å². The highest BCUT2D eigenvalue weighted by Gasteiger charge is 2.12. The third-order valence-corrected chi connectivity index (χ3v) is 2.72. The minimum Gasteiger partial charge on any atom is -0.379 e. The highest BCUT2D eigenvalue weighted by atomic mass is 16.3. The van der Waals surface area contributed by atoms with E-state index in [9.17, 15) is 0 Å². The normalized spacial score (nSPS) is 22.5. The van der Waals surface area contributed by atoms with Crippen molar-refractivity contribution in [2.24, 2.45) is 5.92 Å². The molecule has 0 amide bonds. The number of aliphatic hydroxyl groups excluding tert-OH is 1. The summed E-state index contributed by atoms with van der Waals surface area (Å²) in [6, 6.07) is 0. The van der Waals surface area contributed by atoms with Gasteiger partial charge in [-0.05, 0) is 25.8 Å². The number of nitrogens with one attached hydrogen (secondary N) is 1. The van der Waals surface area contributed by atoms with Gasteiger partial charge in [0.05, 0.1) is 0 Å². The van der Waals surface area contributed by atoms with Gasteiger partial charge >= 0.3 is 0 Å². The van der Waals surface area contributed by atoms with Gasteiger partial charge in [-0.2, -0.15) is 0 Å². The molecule has 72 valence electrons. The summed E-state index contributed by atoms with van der Waals surface area (Å²) in [5.74, 6) is 0.921. The number of hydrogen-bond donors (Lipinski definition) is 2. The van der Waals surface area contributed by atoms with Crippen LogP contribution in [0.1, 0.15) is 45.4 Å². The van der Waals surface area contributed by atoms with E-state index in [-0.39, 0.29) is 6.23 Å². The standard InChI is InChI=1S/C10H21NO/c1-9(12)11-8-7-10-5-3-2-4-6-10/h9-12H,2-8H2,1H3. The fraction of sp³-hybridized carbons (Fsp3) is 1.00. The molecule has 0 heterocycles. The minimum atomic E-state index is -0.339. The molecule has 0 radical (unpaired) electrons. The Labute approximate surface area is 75.4 Å². The molecule has 0 aliphatic heterocycles. The van der Waals surface area contributed by atoms with Crippen LogP contribution in [-0.2, 0) is 0 Å². The molecule has 2 nitrogen and oxygen atoms in total. The lowest BCUT2D eigenvalue weighted by Crippen LogP contribution is -2.27. The Bertz CT molecular complexity index is 108. The van der Waals surface area contributed by atoms with Crippen molar-refractivity contribution in [3.63, 3.8) is 0 Å². The Kier molecular flexibility index (Phi) is 4.62. The summed E-state index contributed by atoms with van der Waals surface area (Å²) >= 11 is 0. The molecule has 1 unspecified atom stereocenters. The van der Waals surface area contributed by atoms with Gasteiger partial charge < -0.3 is 5.11 Å². The molecule has 1 saturated carbocycles. The molecule has 1 aliphatic rings. The van der Waals surface area contributed by atoms with E-state index in [1.54, 1.807) is 6.92 Å². The summed E-state index contributed by atoms with van der Waals surface area (Å²) in [6.45, 7) is 2.75. The van der Waals surface area contributed by atoms with E-state index in [0.717, 1.165) is 12.5 Å². The smallest absolute Gasteiger partial charge is 0.102 e. The molecule has 12 heavy (non-hydrogen) atoms. The molecule has 0 spiro atoms. The van der Waals surface area contributed by atoms with Crippen molar-refractivity contribution < 1.29 is 5.11 Å². The lowest BCUT2D eigenvalue weighted by atomic mass is 9.87. The number of aliphatic hydroxyl groups is 1. The first-order valence-corrected chi connectivity index (χ1v) is 5.20. The van der Waals surface area contributed by atoms with Crippen molar-refractivity contribution in [2.45, 2.75) is 51.7 Å². The van der Waals surface area contributed by atoms with Crippen LogP contribution in [0.3, 0.4) is 0 Å². The number of rotatable bonds is 4. The Morgan fingerprint density at radius 2 is 2.00 bits per heavy atom. The fourth-order valence-electron chi connectivity index (χ4n) is 1.97. The fourth-order valence-corrected chi connectivity index (χ4v) is 1.97. The van der Waals surface area contributed by atoms with Crippen molar-refractivity contribution >= 4 is 0 Å². The summed E-state index contributed by atoms with van der Waals surface area (Å²) in [5, 5.41) is 12.0. The Morgan fingerprint density at radius 1 is 1.33 bits per heavy atom. The maximum atomic E-state index is 8.97. The van der Waals surface area contributed by atoms with E-state index in [4.69, 9.17) is 5.11 Å². The molecule has 1 fully saturated rings. The SMILES string of the molecule is CC(O)NCCC1CCCCC1. The molecule has 0 saturated heterocycles. The summed E-state index contributed by atoms with van der Waals surface area (Å²) in [4.78, 5) is 0. The molecule has 0 aromatic carbocycles. The second-order valence-corrected chi connectivity index (χ2v) is 3.92. The van der Waals surface area contributed by atoms with Gasteiger partial charge in [0, 0.05) is 0 Å². The number of hydrogen-bond acceptors (Lipinski definition) is 2. The van der Waals surface area contributed by atoms with E-state index < -0.39 is 0 Å². The van der Waals surface area contributed by atoms with Crippen LogP contribution in [0, 0.1) is 5.92 Å². The van der Waals surface area contributed by atoms with Gasteiger partial charge in [0.15, 0.2) is 0 Å². The predicted octanol–water partition coefficient (Wildman–Crippen LogP) is 1.88. The molecular formula is C10H21NO. The first-order chi connectivity index (χ1) is 5.79. The van der Waals surface area contributed by atoms with Crippen molar-refractivity contribution in [3.8, 4) is 0 Å². The highest BCUT2D eigenvalue weighted by Crippen LogP contribution is 2.25. The average Bonchev–Trinajstić information content (AvgIpc) is 2.05. The molecule has 0 aromatic rings. The van der Waals surface area contributed by atoms with Gasteiger partial charge in [-0.25, -0.2) is 0 Å². The minimum absolute atomic E-state index is 0.339. The van der Waals surface area contributed by atoms with E-state index in [1.807, 2.05) is 0 Å². The van der Waals surface area contributed by atoms with Crippen molar-refractivity contribution in [3.05, 3.63) is 0 Å². The third-order valence-electron chi connectivity index (χ3n) is 2.72. The van der Waals surface area contributed by atoms with E-state index in [2.05, 4.69) is 5.32 Å². The van der Waals surface area contributed by atoms with Gasteiger partial charge in [-0.3, -0.25) is 5.32 Å². The molecular weight excluding hydrogens is 150 g/mol. The van der Waals surface area contributed by atoms with Crippen LogP contribution in [0.15, 0.2) is 0 Å². The summed E-state index contributed by atoms with van der Waals surface area (Å²) in [5.41, 5.74) is 0. The Morgan fingerprint density at radius 3 is 2.58 bits per heavy atom. The summed E-state index contributed by atoms with van der Waals surface area (Å²) in [6.07, 6.45) is 7.97. The molecule has 1 aliphatic carbocycles. The third kappa shape index (κ3) is 4.07. The average molecular weight is 171 g/mol. The van der Waals surface area contributed by atoms with Crippen LogP contribution in [0.25, 0.3) is 0 Å². The first-order valence-electron chi connectivity index (χ1n) is 5.20. The highest BCUT2D eigenvalue weighted by molar-refractivity contribution is 4.66. The van der Waals surface area contributed by atoms with Gasteiger partial charge in [-0.1, -0.05) is 32.1 Å². The summed E-state index contributed by atoms with van der Waals surface area (Å²) < 4.78 is 0. The van der Waals surface area contributed by atoms with Gasteiger partial charge in [0.1, 0.15) is 6.23 Å². The van der Waals surface area contributed by atoms with Crippen LogP contribution in [0.4, 0.5) is 0 Å². The van der Waals surface area contributed by atoms with Gasteiger partial charge in [-0.15, -0.1) is 0 Å². The van der Waals surface area contributed by atoms with Crippen molar-refractivity contribution in [2.75, 3.05) is 6.54 Å². The zero-order valence-corrected chi connectivity index (χ0v) is 8.05. The van der Waals surface area contributed by atoms with Crippen molar-refractivity contribution in [1.29, 1.82) is 0 Å².